The predicted molar refractivity (Wildman–Crippen MR) is 105 cm³/mol. The molecule has 0 bridgehead atoms. The monoisotopic (exact) mass is 380 g/mol. The molecule has 0 radical (unpaired) electrons. The molecule has 0 spiro atoms. The first-order valence-corrected chi connectivity index (χ1v) is 9.54. The Balaban J connectivity index is 1.34. The highest BCUT2D eigenvalue weighted by atomic mass is 16.5. The molecular weight excluding hydrogens is 356 g/mol. The van der Waals surface area contributed by atoms with E-state index in [9.17, 15) is 0 Å². The molecule has 1 aromatic carbocycles. The van der Waals surface area contributed by atoms with E-state index in [1.807, 2.05) is 50.2 Å². The minimum Gasteiger partial charge on any atom is -0.494 e. The van der Waals surface area contributed by atoms with Crippen LogP contribution in [0.5, 0.6) is 5.75 Å². The summed E-state index contributed by atoms with van der Waals surface area (Å²) >= 11 is 0. The largest absolute Gasteiger partial charge is 0.494 e. The van der Waals surface area contributed by atoms with Crippen LogP contribution in [0.25, 0.3) is 11.3 Å². The first kappa shape index (κ1) is 18.4. The maximum absolute atomic E-state index is 5.48. The Morgan fingerprint density at radius 3 is 2.39 bits per heavy atom. The van der Waals surface area contributed by atoms with Crippen molar-refractivity contribution >= 4 is 5.82 Å². The van der Waals surface area contributed by atoms with E-state index < -0.39 is 0 Å². The molecule has 0 atom stereocenters. The van der Waals surface area contributed by atoms with Gasteiger partial charge in [0.05, 0.1) is 18.8 Å². The number of benzene rings is 1. The molecule has 146 valence electrons. The Morgan fingerprint density at radius 2 is 1.79 bits per heavy atom. The molecule has 28 heavy (non-hydrogen) atoms. The highest BCUT2D eigenvalue weighted by Gasteiger charge is 2.20. The highest BCUT2D eigenvalue weighted by molar-refractivity contribution is 5.60. The Hall–Kier alpha value is -3.00. The second kappa shape index (κ2) is 8.35. The van der Waals surface area contributed by atoms with Crippen molar-refractivity contribution in [2.45, 2.75) is 20.4 Å². The Kier molecular flexibility index (Phi) is 5.48. The van der Waals surface area contributed by atoms with Gasteiger partial charge >= 0.3 is 0 Å². The van der Waals surface area contributed by atoms with Gasteiger partial charge < -0.3 is 14.2 Å². The van der Waals surface area contributed by atoms with E-state index in [2.05, 4.69) is 30.1 Å². The molecule has 0 amide bonds. The highest BCUT2D eigenvalue weighted by Crippen LogP contribution is 2.22. The summed E-state index contributed by atoms with van der Waals surface area (Å²) in [5, 5.41) is 12.7. The number of hydrogen-bond donors (Lipinski definition) is 0. The molecule has 4 rings (SSSR count). The summed E-state index contributed by atoms with van der Waals surface area (Å²) < 4.78 is 10.7. The number of ether oxygens (including phenoxy) is 1. The van der Waals surface area contributed by atoms with Gasteiger partial charge in [-0.15, -0.1) is 10.2 Å². The maximum Gasteiger partial charge on any atom is 0.240 e. The van der Waals surface area contributed by atoms with E-state index in [-0.39, 0.29) is 0 Å². The third-order valence-corrected chi connectivity index (χ3v) is 4.74. The number of rotatable bonds is 6. The number of aryl methyl sites for hydroxylation is 1. The molecule has 8 heteroatoms. The van der Waals surface area contributed by atoms with Gasteiger partial charge in [-0.2, -0.15) is 4.98 Å². The average molecular weight is 380 g/mol. The number of piperazine rings is 1. The van der Waals surface area contributed by atoms with E-state index in [1.165, 1.54) is 0 Å². The smallest absolute Gasteiger partial charge is 0.240 e. The normalized spacial score (nSPS) is 15.0. The second-order valence-electron chi connectivity index (χ2n) is 6.73. The first-order valence-electron chi connectivity index (χ1n) is 9.54. The van der Waals surface area contributed by atoms with Crippen LogP contribution in [-0.2, 0) is 6.54 Å². The summed E-state index contributed by atoms with van der Waals surface area (Å²) in [7, 11) is 0. The molecule has 1 fully saturated rings. The molecule has 3 heterocycles. The molecule has 0 unspecified atom stereocenters. The quantitative estimate of drug-likeness (QED) is 0.645. The van der Waals surface area contributed by atoms with Crippen LogP contribution in [0.15, 0.2) is 40.9 Å². The average Bonchev–Trinajstić information content (AvgIpc) is 3.14. The molecule has 3 aromatic rings. The number of aromatic nitrogens is 4. The molecule has 8 nitrogen and oxygen atoms in total. The molecular formula is C20H24N6O2. The lowest BCUT2D eigenvalue weighted by atomic mass is 10.1. The first-order chi connectivity index (χ1) is 13.7. The lowest BCUT2D eigenvalue weighted by Crippen LogP contribution is -2.46. The summed E-state index contributed by atoms with van der Waals surface area (Å²) in [6.07, 6.45) is 0. The molecule has 1 aliphatic heterocycles. The molecule has 2 aromatic heterocycles. The summed E-state index contributed by atoms with van der Waals surface area (Å²) in [6, 6.07) is 12.0. The van der Waals surface area contributed by atoms with E-state index >= 15 is 0 Å². The van der Waals surface area contributed by atoms with Crippen molar-refractivity contribution in [1.29, 1.82) is 0 Å². The van der Waals surface area contributed by atoms with Crippen molar-refractivity contribution < 1.29 is 9.26 Å². The van der Waals surface area contributed by atoms with Crippen molar-refractivity contribution in [2.75, 3.05) is 37.7 Å². The SMILES string of the molecule is CCOc1ccc(-c2ccc(N3CCN(Cc4nc(C)no4)CC3)nn2)cc1. The Labute approximate surface area is 164 Å². The fourth-order valence-corrected chi connectivity index (χ4v) is 3.27. The maximum atomic E-state index is 5.48. The third kappa shape index (κ3) is 4.28. The van der Waals surface area contributed by atoms with Gasteiger partial charge in [0.2, 0.25) is 5.89 Å². The van der Waals surface area contributed by atoms with Crippen molar-refractivity contribution in [1.82, 2.24) is 25.2 Å². The lowest BCUT2D eigenvalue weighted by molar-refractivity contribution is 0.215. The molecule has 1 saturated heterocycles. The zero-order chi connectivity index (χ0) is 19.3. The molecule has 0 N–H and O–H groups in total. The van der Waals surface area contributed by atoms with E-state index in [1.54, 1.807) is 0 Å². The zero-order valence-corrected chi connectivity index (χ0v) is 16.2. The van der Waals surface area contributed by atoms with Crippen LogP contribution in [0, 0.1) is 6.92 Å². The standard InChI is InChI=1S/C20H24N6O2/c1-3-27-17-6-4-16(5-7-17)18-8-9-19(23-22-18)26-12-10-25(11-13-26)14-20-21-15(2)24-28-20/h4-9H,3,10-14H2,1-2H3. The topological polar surface area (TPSA) is 80.4 Å². The zero-order valence-electron chi connectivity index (χ0n) is 16.2. The van der Waals surface area contributed by atoms with Crippen molar-refractivity contribution in [3.8, 4) is 17.0 Å². The van der Waals surface area contributed by atoms with E-state index in [0.717, 1.165) is 49.0 Å². The van der Waals surface area contributed by atoms with E-state index in [0.29, 0.717) is 24.9 Å². The van der Waals surface area contributed by atoms with Crippen molar-refractivity contribution in [3.05, 3.63) is 48.1 Å². The van der Waals surface area contributed by atoms with Crippen LogP contribution in [0.1, 0.15) is 18.6 Å². The minimum absolute atomic E-state index is 0.662. The number of hydrogen-bond acceptors (Lipinski definition) is 8. The Morgan fingerprint density at radius 1 is 1.00 bits per heavy atom. The molecule has 0 saturated carbocycles. The third-order valence-electron chi connectivity index (χ3n) is 4.74. The van der Waals surface area contributed by atoms with Gasteiger partial charge in [0.25, 0.3) is 0 Å². The summed E-state index contributed by atoms with van der Waals surface area (Å²) in [6.45, 7) is 8.79. The van der Waals surface area contributed by atoms with Gasteiger partial charge in [-0.3, -0.25) is 4.90 Å². The molecule has 0 aliphatic carbocycles. The van der Waals surface area contributed by atoms with Crippen LogP contribution >= 0.6 is 0 Å². The van der Waals surface area contributed by atoms with Crippen LogP contribution in [0.3, 0.4) is 0 Å². The van der Waals surface area contributed by atoms with Gasteiger partial charge in [-0.05, 0) is 50.2 Å². The summed E-state index contributed by atoms with van der Waals surface area (Å²) in [4.78, 5) is 8.84. The van der Waals surface area contributed by atoms with Crippen LogP contribution in [-0.4, -0.2) is 58.0 Å². The van der Waals surface area contributed by atoms with Crippen LogP contribution < -0.4 is 9.64 Å². The number of anilines is 1. The van der Waals surface area contributed by atoms with Gasteiger partial charge in [-0.1, -0.05) is 5.16 Å². The van der Waals surface area contributed by atoms with Crippen molar-refractivity contribution in [2.24, 2.45) is 0 Å². The summed E-state index contributed by atoms with van der Waals surface area (Å²) in [5.41, 5.74) is 1.89. The van der Waals surface area contributed by atoms with E-state index in [4.69, 9.17) is 9.26 Å². The minimum atomic E-state index is 0.662. The predicted octanol–water partition coefficient (Wildman–Crippen LogP) is 2.56. The van der Waals surface area contributed by atoms with Crippen LogP contribution in [0.2, 0.25) is 0 Å². The Bertz CT molecular complexity index is 886. The fourth-order valence-electron chi connectivity index (χ4n) is 3.27. The second-order valence-corrected chi connectivity index (χ2v) is 6.73. The summed E-state index contributed by atoms with van der Waals surface area (Å²) in [5.74, 6) is 3.12. The van der Waals surface area contributed by atoms with Gasteiger partial charge in [0, 0.05) is 31.7 Å². The van der Waals surface area contributed by atoms with Crippen LogP contribution in [0.4, 0.5) is 5.82 Å². The fraction of sp³-hybridized carbons (Fsp3) is 0.400. The van der Waals surface area contributed by atoms with Gasteiger partial charge in [-0.25, -0.2) is 0 Å². The van der Waals surface area contributed by atoms with Gasteiger partial charge in [0.15, 0.2) is 11.6 Å². The molecule has 1 aliphatic rings. The lowest BCUT2D eigenvalue weighted by Gasteiger charge is -2.34. The number of nitrogens with zero attached hydrogens (tertiary/aromatic N) is 6. The van der Waals surface area contributed by atoms with Crippen molar-refractivity contribution in [3.63, 3.8) is 0 Å². The van der Waals surface area contributed by atoms with Gasteiger partial charge in [0.1, 0.15) is 5.75 Å².